The second kappa shape index (κ2) is 7.37. The fourth-order valence-corrected chi connectivity index (χ4v) is 3.05. The Morgan fingerprint density at radius 3 is 2.04 bits per heavy atom. The average Bonchev–Trinajstić information content (AvgIpc) is 2.67. The van der Waals surface area contributed by atoms with Crippen LogP contribution in [-0.2, 0) is 11.0 Å². The molecule has 1 fully saturated rings. The van der Waals surface area contributed by atoms with Gasteiger partial charge >= 0.3 is 6.18 Å². The monoisotopic (exact) mass is 363 g/mol. The summed E-state index contributed by atoms with van der Waals surface area (Å²) in [6, 6.07) is 13.6. The van der Waals surface area contributed by atoms with Crippen molar-refractivity contribution in [2.45, 2.75) is 12.2 Å². The quantitative estimate of drug-likeness (QED) is 0.912. The van der Waals surface area contributed by atoms with Gasteiger partial charge in [0.1, 0.15) is 6.04 Å². The lowest BCUT2D eigenvalue weighted by Crippen LogP contribution is -2.51. The molecule has 4 nitrogen and oxygen atoms in total. The van der Waals surface area contributed by atoms with Gasteiger partial charge in [0.2, 0.25) is 5.91 Å². The Morgan fingerprint density at radius 2 is 1.50 bits per heavy atom. The molecule has 1 amide bonds. The van der Waals surface area contributed by atoms with Crippen LogP contribution in [0.2, 0.25) is 0 Å². The van der Waals surface area contributed by atoms with Gasteiger partial charge in [-0.15, -0.1) is 0 Å². The molecule has 1 aliphatic rings. The van der Waals surface area contributed by atoms with E-state index in [1.165, 1.54) is 12.1 Å². The van der Waals surface area contributed by atoms with Gasteiger partial charge in [-0.25, -0.2) is 0 Å². The Balaban J connectivity index is 1.59. The number of halogens is 3. The van der Waals surface area contributed by atoms with Crippen molar-refractivity contribution in [1.82, 2.24) is 4.90 Å². The predicted octanol–water partition coefficient (Wildman–Crippen LogP) is 3.05. The molecule has 26 heavy (non-hydrogen) atoms. The number of piperazine rings is 1. The normalized spacial score (nSPS) is 16.5. The van der Waals surface area contributed by atoms with Crippen molar-refractivity contribution >= 4 is 11.6 Å². The van der Waals surface area contributed by atoms with Gasteiger partial charge in [0.15, 0.2) is 0 Å². The summed E-state index contributed by atoms with van der Waals surface area (Å²) in [6.07, 6.45) is -4.34. The van der Waals surface area contributed by atoms with Gasteiger partial charge in [0.25, 0.3) is 0 Å². The van der Waals surface area contributed by atoms with Gasteiger partial charge in [-0.2, -0.15) is 13.2 Å². The number of nitrogens with zero attached hydrogens (tertiary/aromatic N) is 2. The third-order valence-corrected chi connectivity index (χ3v) is 4.58. The molecular weight excluding hydrogens is 343 g/mol. The summed E-state index contributed by atoms with van der Waals surface area (Å²) >= 11 is 0. The minimum atomic E-state index is -4.34. The van der Waals surface area contributed by atoms with E-state index in [1.807, 2.05) is 35.2 Å². The standard InChI is InChI=1S/C19H20F3N3O/c20-19(21,22)15-6-8-16(9-7-15)24-10-12-25(13-11-24)18(26)17(23)14-4-2-1-3-5-14/h1-9,17H,10-13,23H2. The minimum absolute atomic E-state index is 0.136. The number of carbonyl (C=O) groups is 1. The van der Waals surface area contributed by atoms with Crippen LogP contribution in [0, 0.1) is 0 Å². The lowest BCUT2D eigenvalue weighted by atomic mass is 10.1. The first-order chi connectivity index (χ1) is 12.4. The van der Waals surface area contributed by atoms with Crippen molar-refractivity contribution in [1.29, 1.82) is 0 Å². The van der Waals surface area contributed by atoms with Crippen LogP contribution in [-0.4, -0.2) is 37.0 Å². The Hall–Kier alpha value is -2.54. The van der Waals surface area contributed by atoms with Crippen molar-refractivity contribution in [3.05, 3.63) is 65.7 Å². The van der Waals surface area contributed by atoms with Crippen LogP contribution in [0.15, 0.2) is 54.6 Å². The van der Waals surface area contributed by atoms with Crippen molar-refractivity contribution in [2.24, 2.45) is 5.73 Å². The van der Waals surface area contributed by atoms with Crippen LogP contribution in [0.25, 0.3) is 0 Å². The lowest BCUT2D eigenvalue weighted by molar-refractivity contribution is -0.137. The number of carbonyl (C=O) groups excluding carboxylic acids is 1. The molecule has 0 saturated carbocycles. The molecule has 2 aromatic rings. The second-order valence-corrected chi connectivity index (χ2v) is 6.25. The number of amides is 1. The number of benzene rings is 2. The van der Waals surface area contributed by atoms with Crippen molar-refractivity contribution < 1.29 is 18.0 Å². The molecular formula is C19H20F3N3O. The molecule has 7 heteroatoms. The topological polar surface area (TPSA) is 49.6 Å². The number of anilines is 1. The van der Waals surface area contributed by atoms with Crippen LogP contribution in [0.3, 0.4) is 0 Å². The number of hydrogen-bond acceptors (Lipinski definition) is 3. The van der Waals surface area contributed by atoms with E-state index in [0.29, 0.717) is 26.2 Å². The second-order valence-electron chi connectivity index (χ2n) is 6.25. The fourth-order valence-electron chi connectivity index (χ4n) is 3.05. The maximum Gasteiger partial charge on any atom is 0.416 e. The maximum absolute atomic E-state index is 12.6. The molecule has 0 radical (unpaired) electrons. The Labute approximate surface area is 150 Å². The van der Waals surface area contributed by atoms with Gasteiger partial charge in [-0.3, -0.25) is 4.79 Å². The zero-order chi connectivity index (χ0) is 18.7. The summed E-state index contributed by atoms with van der Waals surface area (Å²) in [4.78, 5) is 16.2. The lowest BCUT2D eigenvalue weighted by Gasteiger charge is -2.37. The first kappa shape index (κ1) is 18.3. The van der Waals surface area contributed by atoms with Crippen LogP contribution in [0.4, 0.5) is 18.9 Å². The highest BCUT2D eigenvalue weighted by Crippen LogP contribution is 2.30. The Morgan fingerprint density at radius 1 is 0.923 bits per heavy atom. The van der Waals surface area contributed by atoms with E-state index in [2.05, 4.69) is 0 Å². The molecule has 0 aromatic heterocycles. The highest BCUT2D eigenvalue weighted by atomic mass is 19.4. The molecule has 138 valence electrons. The molecule has 3 rings (SSSR count). The summed E-state index contributed by atoms with van der Waals surface area (Å²) in [5.41, 5.74) is 6.88. The molecule has 1 unspecified atom stereocenters. The fraction of sp³-hybridized carbons (Fsp3) is 0.316. The molecule has 2 aromatic carbocycles. The van der Waals surface area contributed by atoms with E-state index in [4.69, 9.17) is 5.73 Å². The number of hydrogen-bond donors (Lipinski definition) is 1. The molecule has 1 aliphatic heterocycles. The zero-order valence-corrected chi connectivity index (χ0v) is 14.1. The number of alkyl halides is 3. The third-order valence-electron chi connectivity index (χ3n) is 4.58. The first-order valence-electron chi connectivity index (χ1n) is 8.38. The van der Waals surface area contributed by atoms with Gasteiger partial charge < -0.3 is 15.5 Å². The average molecular weight is 363 g/mol. The highest BCUT2D eigenvalue weighted by Gasteiger charge is 2.31. The zero-order valence-electron chi connectivity index (χ0n) is 14.1. The summed E-state index contributed by atoms with van der Waals surface area (Å²) in [6.45, 7) is 2.08. The van der Waals surface area contributed by atoms with Crippen molar-refractivity contribution in [3.63, 3.8) is 0 Å². The molecule has 1 saturated heterocycles. The Bertz CT molecular complexity index is 739. The van der Waals surface area contributed by atoms with Crippen LogP contribution >= 0.6 is 0 Å². The predicted molar refractivity (Wildman–Crippen MR) is 93.6 cm³/mol. The van der Waals surface area contributed by atoms with Gasteiger partial charge in [0.05, 0.1) is 5.56 Å². The maximum atomic E-state index is 12.6. The summed E-state index contributed by atoms with van der Waals surface area (Å²) in [5, 5.41) is 0. The van der Waals surface area contributed by atoms with E-state index in [0.717, 1.165) is 23.4 Å². The SMILES string of the molecule is NC(C(=O)N1CCN(c2ccc(C(F)(F)F)cc2)CC1)c1ccccc1. The smallest absolute Gasteiger partial charge is 0.368 e. The van der Waals surface area contributed by atoms with Crippen LogP contribution < -0.4 is 10.6 Å². The minimum Gasteiger partial charge on any atom is -0.368 e. The van der Waals surface area contributed by atoms with Crippen molar-refractivity contribution in [2.75, 3.05) is 31.1 Å². The Kier molecular flexibility index (Phi) is 5.18. The van der Waals surface area contributed by atoms with Crippen molar-refractivity contribution in [3.8, 4) is 0 Å². The van der Waals surface area contributed by atoms with E-state index in [9.17, 15) is 18.0 Å². The molecule has 0 bridgehead atoms. The number of nitrogens with two attached hydrogens (primary N) is 1. The summed E-state index contributed by atoms with van der Waals surface area (Å²) in [7, 11) is 0. The third kappa shape index (κ3) is 3.99. The van der Waals surface area contributed by atoms with E-state index < -0.39 is 17.8 Å². The number of rotatable bonds is 3. The van der Waals surface area contributed by atoms with Gasteiger partial charge in [-0.1, -0.05) is 30.3 Å². The van der Waals surface area contributed by atoms with Gasteiger partial charge in [0, 0.05) is 31.9 Å². The largest absolute Gasteiger partial charge is 0.416 e. The summed E-state index contributed by atoms with van der Waals surface area (Å²) in [5.74, 6) is -0.136. The molecule has 0 aliphatic carbocycles. The first-order valence-corrected chi connectivity index (χ1v) is 8.38. The molecule has 1 heterocycles. The van der Waals surface area contributed by atoms with E-state index in [1.54, 1.807) is 4.90 Å². The molecule has 2 N–H and O–H groups in total. The van der Waals surface area contributed by atoms with E-state index in [-0.39, 0.29) is 5.91 Å². The van der Waals surface area contributed by atoms with E-state index >= 15 is 0 Å². The highest BCUT2D eigenvalue weighted by molar-refractivity contribution is 5.83. The summed E-state index contributed by atoms with van der Waals surface area (Å²) < 4.78 is 37.9. The molecule has 1 atom stereocenters. The van der Waals surface area contributed by atoms with Crippen LogP contribution in [0.1, 0.15) is 17.2 Å². The van der Waals surface area contributed by atoms with Crippen LogP contribution in [0.5, 0.6) is 0 Å². The molecule has 0 spiro atoms. The van der Waals surface area contributed by atoms with Gasteiger partial charge in [-0.05, 0) is 29.8 Å².